The number of carbonyl (C=O) groups is 1. The van der Waals surface area contributed by atoms with E-state index in [9.17, 15) is 4.79 Å². The third kappa shape index (κ3) is 2.50. The van der Waals surface area contributed by atoms with Gasteiger partial charge in [-0.2, -0.15) is 0 Å². The minimum Gasteiger partial charge on any atom is -0.495 e. The van der Waals surface area contributed by atoms with Gasteiger partial charge in [0.1, 0.15) is 11.6 Å². The molecule has 0 spiro atoms. The Morgan fingerprint density at radius 3 is 2.64 bits per heavy atom. The lowest BCUT2D eigenvalue weighted by molar-refractivity contribution is -0.123. The zero-order chi connectivity index (χ0) is 17.6. The zero-order valence-corrected chi connectivity index (χ0v) is 14.6. The molecule has 2 aromatic heterocycles. The Morgan fingerprint density at radius 2 is 1.96 bits per heavy atom. The van der Waals surface area contributed by atoms with E-state index in [1.165, 1.54) is 0 Å². The largest absolute Gasteiger partial charge is 0.495 e. The number of carbonyl (C=O) groups excluding carboxylic acids is 1. The Morgan fingerprint density at radius 1 is 1.20 bits per heavy atom. The summed E-state index contributed by atoms with van der Waals surface area (Å²) in [4.78, 5) is 27.8. The molecule has 0 unspecified atom stereocenters. The number of methoxy groups -OCH3 is 1. The number of amides is 1. The Kier molecular flexibility index (Phi) is 3.59. The molecule has 1 fully saturated rings. The van der Waals surface area contributed by atoms with Gasteiger partial charge >= 0.3 is 0 Å². The fraction of sp³-hybridized carbons (Fsp3) is 0.444. The first-order valence-electron chi connectivity index (χ1n) is 8.42. The van der Waals surface area contributed by atoms with Crippen molar-refractivity contribution in [2.24, 2.45) is 0 Å². The van der Waals surface area contributed by atoms with Gasteiger partial charge in [0.2, 0.25) is 5.91 Å². The first-order valence-corrected chi connectivity index (χ1v) is 8.42. The number of hydrogen-bond acceptors (Lipinski definition) is 6. The fourth-order valence-corrected chi connectivity index (χ4v) is 3.50. The van der Waals surface area contributed by atoms with Crippen LogP contribution in [0.2, 0.25) is 0 Å². The molecular weight excluding hydrogens is 318 g/mol. The minimum atomic E-state index is -0.611. The normalized spacial score (nSPS) is 23.8. The maximum atomic E-state index is 12.9. The molecule has 3 heterocycles. The molecule has 7 nitrogen and oxygen atoms in total. The van der Waals surface area contributed by atoms with E-state index in [2.05, 4.69) is 20.3 Å². The quantitative estimate of drug-likeness (QED) is 0.919. The average molecular weight is 339 g/mol. The summed E-state index contributed by atoms with van der Waals surface area (Å²) in [6, 6.07) is 4.23. The zero-order valence-electron chi connectivity index (χ0n) is 14.6. The third-order valence-electron chi connectivity index (χ3n) is 5.05. The van der Waals surface area contributed by atoms with Crippen molar-refractivity contribution in [3.05, 3.63) is 36.4 Å². The molecule has 0 radical (unpaired) electrons. The van der Waals surface area contributed by atoms with Crippen LogP contribution in [0.25, 0.3) is 0 Å². The Labute approximate surface area is 146 Å². The van der Waals surface area contributed by atoms with Crippen molar-refractivity contribution in [2.75, 3.05) is 17.3 Å². The van der Waals surface area contributed by atoms with Crippen LogP contribution in [0.3, 0.4) is 0 Å². The summed E-state index contributed by atoms with van der Waals surface area (Å²) in [5.74, 6) is 2.35. The summed E-state index contributed by atoms with van der Waals surface area (Å²) in [5, 5.41) is 3.40. The number of hydrogen-bond donors (Lipinski definition) is 1. The molecule has 130 valence electrons. The summed E-state index contributed by atoms with van der Waals surface area (Å²) in [6.07, 6.45) is 6.72. The number of rotatable bonds is 4. The smallest absolute Gasteiger partial charge is 0.240 e. The average Bonchev–Trinajstić information content (AvgIpc) is 2.79. The molecule has 1 saturated carbocycles. The highest BCUT2D eigenvalue weighted by molar-refractivity contribution is 6.06. The topological polar surface area (TPSA) is 80.2 Å². The second-order valence-electron chi connectivity index (χ2n) is 7.08. The van der Waals surface area contributed by atoms with E-state index in [4.69, 9.17) is 4.74 Å². The van der Waals surface area contributed by atoms with Crippen LogP contribution in [0.1, 0.15) is 32.4 Å². The second kappa shape index (κ2) is 5.68. The van der Waals surface area contributed by atoms with Crippen LogP contribution in [-0.2, 0) is 10.2 Å². The Bertz CT molecular complexity index is 799. The molecule has 0 aromatic carbocycles. The highest BCUT2D eigenvalue weighted by Crippen LogP contribution is 2.43. The van der Waals surface area contributed by atoms with E-state index >= 15 is 0 Å². The lowest BCUT2D eigenvalue weighted by atomic mass is 9.84. The molecular formula is C18H21N5O2. The molecule has 1 amide bonds. The van der Waals surface area contributed by atoms with Crippen LogP contribution in [0, 0.1) is 0 Å². The van der Waals surface area contributed by atoms with Crippen molar-refractivity contribution in [3.63, 3.8) is 0 Å². The highest BCUT2D eigenvalue weighted by Gasteiger charge is 2.51. The standard InChI is InChI=1S/C18H21N5O2/c1-18(2)15-16(20-7-6-19-15)23(17(18)24)12-8-11(9-12)22-14-5-4-13(25-3)10-21-14/h4-7,10-12H,8-9H2,1-3H3,(H,21,22). The molecule has 1 N–H and O–H groups in total. The van der Waals surface area contributed by atoms with E-state index in [1.807, 2.05) is 30.9 Å². The van der Waals surface area contributed by atoms with Gasteiger partial charge in [0.25, 0.3) is 0 Å². The summed E-state index contributed by atoms with van der Waals surface area (Å²) in [7, 11) is 1.62. The van der Waals surface area contributed by atoms with E-state index < -0.39 is 5.41 Å². The third-order valence-corrected chi connectivity index (χ3v) is 5.05. The van der Waals surface area contributed by atoms with Gasteiger partial charge in [-0.1, -0.05) is 0 Å². The number of fused-ring (bicyclic) bond motifs is 1. The molecule has 4 rings (SSSR count). The van der Waals surface area contributed by atoms with E-state index in [0.29, 0.717) is 11.9 Å². The fourth-order valence-electron chi connectivity index (χ4n) is 3.50. The van der Waals surface area contributed by atoms with Crippen LogP contribution >= 0.6 is 0 Å². The van der Waals surface area contributed by atoms with Gasteiger partial charge in [0.15, 0.2) is 5.82 Å². The van der Waals surface area contributed by atoms with Gasteiger partial charge in [0, 0.05) is 24.5 Å². The van der Waals surface area contributed by atoms with E-state index in [-0.39, 0.29) is 11.9 Å². The van der Waals surface area contributed by atoms with Crippen molar-refractivity contribution < 1.29 is 9.53 Å². The highest BCUT2D eigenvalue weighted by atomic mass is 16.5. The number of aromatic nitrogens is 3. The van der Waals surface area contributed by atoms with Gasteiger partial charge in [-0.15, -0.1) is 0 Å². The lowest BCUT2D eigenvalue weighted by Crippen LogP contribution is -2.53. The molecule has 2 aliphatic rings. The Balaban J connectivity index is 1.44. The summed E-state index contributed by atoms with van der Waals surface area (Å²) in [5.41, 5.74) is 0.160. The lowest BCUT2D eigenvalue weighted by Gasteiger charge is -2.41. The summed E-state index contributed by atoms with van der Waals surface area (Å²) in [6.45, 7) is 3.83. The second-order valence-corrected chi connectivity index (χ2v) is 7.08. The van der Waals surface area contributed by atoms with E-state index in [0.717, 1.165) is 30.1 Å². The van der Waals surface area contributed by atoms with Gasteiger partial charge in [0.05, 0.1) is 24.4 Å². The number of pyridine rings is 1. The first kappa shape index (κ1) is 15.8. The van der Waals surface area contributed by atoms with Crippen molar-refractivity contribution in [1.29, 1.82) is 0 Å². The monoisotopic (exact) mass is 339 g/mol. The SMILES string of the molecule is COc1ccc(NC2CC(N3C(=O)C(C)(C)c4nccnc43)C2)nc1. The molecule has 0 saturated heterocycles. The van der Waals surface area contributed by atoms with Crippen LogP contribution in [-0.4, -0.2) is 40.1 Å². The number of nitrogens with zero attached hydrogens (tertiary/aromatic N) is 4. The van der Waals surface area contributed by atoms with Crippen LogP contribution in [0.15, 0.2) is 30.7 Å². The molecule has 1 aliphatic heterocycles. The number of anilines is 2. The molecule has 0 bridgehead atoms. The number of nitrogens with one attached hydrogen (secondary N) is 1. The van der Waals surface area contributed by atoms with Crippen LogP contribution in [0.4, 0.5) is 11.6 Å². The first-order chi connectivity index (χ1) is 12.0. The van der Waals surface area contributed by atoms with Crippen LogP contribution in [0.5, 0.6) is 5.75 Å². The summed E-state index contributed by atoms with van der Waals surface area (Å²) >= 11 is 0. The maximum Gasteiger partial charge on any atom is 0.240 e. The van der Waals surface area contributed by atoms with Crippen molar-refractivity contribution in [2.45, 2.75) is 44.2 Å². The number of ether oxygens (including phenoxy) is 1. The maximum absolute atomic E-state index is 12.9. The Hall–Kier alpha value is -2.70. The van der Waals surface area contributed by atoms with E-state index in [1.54, 1.807) is 25.7 Å². The van der Waals surface area contributed by atoms with Gasteiger partial charge in [-0.05, 0) is 38.8 Å². The predicted molar refractivity (Wildman–Crippen MR) is 93.8 cm³/mol. The predicted octanol–water partition coefficient (Wildman–Crippen LogP) is 2.15. The van der Waals surface area contributed by atoms with Crippen molar-refractivity contribution >= 4 is 17.5 Å². The van der Waals surface area contributed by atoms with Gasteiger partial charge in [-0.25, -0.2) is 9.97 Å². The van der Waals surface area contributed by atoms with Crippen molar-refractivity contribution in [3.8, 4) is 5.75 Å². The molecule has 7 heteroatoms. The summed E-state index contributed by atoms with van der Waals surface area (Å²) < 4.78 is 5.12. The van der Waals surface area contributed by atoms with Gasteiger partial charge in [-0.3, -0.25) is 14.7 Å². The molecule has 0 atom stereocenters. The molecule has 2 aromatic rings. The minimum absolute atomic E-state index is 0.0831. The molecule has 25 heavy (non-hydrogen) atoms. The molecule has 1 aliphatic carbocycles. The van der Waals surface area contributed by atoms with Crippen LogP contribution < -0.4 is 15.0 Å². The van der Waals surface area contributed by atoms with Gasteiger partial charge < -0.3 is 10.1 Å². The van der Waals surface area contributed by atoms with Crippen molar-refractivity contribution in [1.82, 2.24) is 15.0 Å².